The number of Topliss-reactive ketones (excluding diaryl/α,β-unsaturated/α-hetero) is 1. The lowest BCUT2D eigenvalue weighted by molar-refractivity contribution is -0.154. The number of ether oxygens (including phenoxy) is 1. The molecule has 1 N–H and O–H groups in total. The number of alkyl halides is 3. The van der Waals surface area contributed by atoms with Crippen LogP contribution in [0.5, 0.6) is 5.88 Å². The molecule has 0 spiro atoms. The van der Waals surface area contributed by atoms with Crippen LogP contribution in [0.1, 0.15) is 53.7 Å². The minimum atomic E-state index is -4.45. The summed E-state index contributed by atoms with van der Waals surface area (Å²) in [5, 5.41) is 2.73. The maximum atomic E-state index is 12.4. The van der Waals surface area contributed by atoms with Gasteiger partial charge in [0.15, 0.2) is 6.61 Å². The number of aryl methyl sites for hydroxylation is 1. The van der Waals surface area contributed by atoms with Crippen molar-refractivity contribution in [3.05, 3.63) is 47.2 Å². The quantitative estimate of drug-likeness (QED) is 0.719. The number of ketones is 1. The molecule has 10 heteroatoms. The van der Waals surface area contributed by atoms with E-state index in [0.29, 0.717) is 17.5 Å². The molecule has 0 saturated heterocycles. The van der Waals surface area contributed by atoms with Crippen molar-refractivity contribution in [1.82, 2.24) is 20.3 Å². The molecule has 0 radical (unpaired) electrons. The van der Waals surface area contributed by atoms with Crippen molar-refractivity contribution < 1.29 is 27.5 Å². The first-order valence-electron chi connectivity index (χ1n) is 8.89. The summed E-state index contributed by atoms with van der Waals surface area (Å²) in [4.78, 5) is 36.0. The second kappa shape index (κ2) is 9.44. The number of carbonyl (C=O) groups excluding carboxylic acids is 2. The second-order valence-corrected chi connectivity index (χ2v) is 6.42. The topological polar surface area (TPSA) is 94.1 Å². The SMILES string of the molecule is CCC(=O)Cc1nccc(C(=O)NC(C)c2cnc(OCC(F)(F)F)c(C)c2)n1. The van der Waals surface area contributed by atoms with Gasteiger partial charge in [0.2, 0.25) is 5.88 Å². The van der Waals surface area contributed by atoms with Crippen molar-refractivity contribution in [3.8, 4) is 5.88 Å². The van der Waals surface area contributed by atoms with Gasteiger partial charge in [0, 0.05) is 24.4 Å². The zero-order valence-corrected chi connectivity index (χ0v) is 16.2. The number of nitrogens with one attached hydrogen (secondary N) is 1. The van der Waals surface area contributed by atoms with Gasteiger partial charge in [-0.05, 0) is 31.5 Å². The molecule has 2 aromatic heterocycles. The van der Waals surface area contributed by atoms with E-state index in [0.717, 1.165) is 0 Å². The van der Waals surface area contributed by atoms with E-state index < -0.39 is 24.7 Å². The number of hydrogen-bond donors (Lipinski definition) is 1. The van der Waals surface area contributed by atoms with Gasteiger partial charge in [0.25, 0.3) is 5.91 Å². The lowest BCUT2D eigenvalue weighted by Gasteiger charge is -2.16. The number of rotatable bonds is 8. The molecule has 0 saturated carbocycles. The molecule has 29 heavy (non-hydrogen) atoms. The van der Waals surface area contributed by atoms with Crippen LogP contribution in [0.4, 0.5) is 13.2 Å². The fourth-order valence-electron chi connectivity index (χ4n) is 2.39. The molecule has 2 rings (SSSR count). The summed E-state index contributed by atoms with van der Waals surface area (Å²) < 4.78 is 41.5. The minimum absolute atomic E-state index is 0.0368. The first-order valence-corrected chi connectivity index (χ1v) is 8.89. The Morgan fingerprint density at radius 2 is 2.00 bits per heavy atom. The van der Waals surface area contributed by atoms with Crippen LogP contribution in [0.25, 0.3) is 0 Å². The molecule has 2 heterocycles. The van der Waals surface area contributed by atoms with Crippen molar-refractivity contribution in [2.24, 2.45) is 0 Å². The third-order valence-electron chi connectivity index (χ3n) is 3.96. The highest BCUT2D eigenvalue weighted by Gasteiger charge is 2.29. The molecule has 1 amide bonds. The first-order chi connectivity index (χ1) is 13.6. The molecule has 2 aromatic rings. The number of nitrogens with zero attached hydrogens (tertiary/aromatic N) is 3. The molecule has 7 nitrogen and oxygen atoms in total. The predicted molar refractivity (Wildman–Crippen MR) is 97.4 cm³/mol. The first kappa shape index (κ1) is 22.3. The van der Waals surface area contributed by atoms with Gasteiger partial charge < -0.3 is 10.1 Å². The standard InChI is InChI=1S/C19H21F3N4O3/c1-4-14(27)8-16-23-6-5-15(26-16)17(28)25-12(3)13-7-11(2)18(24-9-13)29-10-19(20,21)22/h5-7,9,12H,4,8,10H2,1-3H3,(H,25,28). The van der Waals surface area contributed by atoms with Crippen molar-refractivity contribution in [3.63, 3.8) is 0 Å². The molecule has 156 valence electrons. The molecule has 0 aliphatic rings. The molecule has 0 fully saturated rings. The molecule has 0 aliphatic carbocycles. The van der Waals surface area contributed by atoms with Crippen molar-refractivity contribution in [1.29, 1.82) is 0 Å². The lowest BCUT2D eigenvalue weighted by atomic mass is 10.1. The van der Waals surface area contributed by atoms with Gasteiger partial charge in [0.05, 0.1) is 12.5 Å². The number of carbonyl (C=O) groups is 2. The summed E-state index contributed by atoms with van der Waals surface area (Å²) in [6.07, 6.45) is -1.30. The number of amides is 1. The summed E-state index contributed by atoms with van der Waals surface area (Å²) in [6, 6.07) is 2.54. The maximum absolute atomic E-state index is 12.4. The van der Waals surface area contributed by atoms with Gasteiger partial charge in [0.1, 0.15) is 17.3 Å². The molecule has 1 unspecified atom stereocenters. The van der Waals surface area contributed by atoms with Crippen molar-refractivity contribution >= 4 is 11.7 Å². The van der Waals surface area contributed by atoms with E-state index in [1.165, 1.54) is 18.5 Å². The highest BCUT2D eigenvalue weighted by molar-refractivity contribution is 5.92. The lowest BCUT2D eigenvalue weighted by Crippen LogP contribution is -2.28. The van der Waals surface area contributed by atoms with E-state index in [9.17, 15) is 22.8 Å². The zero-order valence-electron chi connectivity index (χ0n) is 16.2. The zero-order chi connectivity index (χ0) is 21.6. The Morgan fingerprint density at radius 3 is 2.62 bits per heavy atom. The highest BCUT2D eigenvalue weighted by Crippen LogP contribution is 2.22. The monoisotopic (exact) mass is 410 g/mol. The Hall–Kier alpha value is -3.04. The van der Waals surface area contributed by atoms with E-state index in [1.54, 1.807) is 26.8 Å². The fourth-order valence-corrected chi connectivity index (χ4v) is 2.39. The summed E-state index contributed by atoms with van der Waals surface area (Å²) in [7, 11) is 0. The van der Waals surface area contributed by atoms with Crippen LogP contribution in [-0.4, -0.2) is 39.4 Å². The Morgan fingerprint density at radius 1 is 1.28 bits per heavy atom. The molecule has 0 aliphatic heterocycles. The average molecular weight is 410 g/mol. The van der Waals surface area contributed by atoms with Gasteiger partial charge in [-0.2, -0.15) is 13.2 Å². The molecular formula is C19H21F3N4O3. The Kier molecular flexibility index (Phi) is 7.24. The molecule has 0 bridgehead atoms. The maximum Gasteiger partial charge on any atom is 0.422 e. The molecule has 1 atom stereocenters. The van der Waals surface area contributed by atoms with Crippen LogP contribution in [0.2, 0.25) is 0 Å². The van der Waals surface area contributed by atoms with E-state index in [4.69, 9.17) is 0 Å². The third-order valence-corrected chi connectivity index (χ3v) is 3.96. The van der Waals surface area contributed by atoms with E-state index in [2.05, 4.69) is 25.0 Å². The van der Waals surface area contributed by atoms with Crippen LogP contribution < -0.4 is 10.1 Å². The van der Waals surface area contributed by atoms with Gasteiger partial charge in [-0.3, -0.25) is 9.59 Å². The largest absolute Gasteiger partial charge is 0.468 e. The van der Waals surface area contributed by atoms with Crippen LogP contribution in [-0.2, 0) is 11.2 Å². The summed E-state index contributed by atoms with van der Waals surface area (Å²) in [5.41, 5.74) is 1.11. The van der Waals surface area contributed by atoms with Gasteiger partial charge >= 0.3 is 6.18 Å². The highest BCUT2D eigenvalue weighted by atomic mass is 19.4. The van der Waals surface area contributed by atoms with Crippen LogP contribution in [0, 0.1) is 6.92 Å². The number of pyridine rings is 1. The van der Waals surface area contributed by atoms with Crippen LogP contribution in [0.3, 0.4) is 0 Å². The van der Waals surface area contributed by atoms with E-state index >= 15 is 0 Å². The van der Waals surface area contributed by atoms with Crippen molar-refractivity contribution in [2.45, 2.75) is 45.8 Å². The third kappa shape index (κ3) is 6.81. The Balaban J connectivity index is 2.05. The Bertz CT molecular complexity index is 887. The van der Waals surface area contributed by atoms with Crippen LogP contribution in [0.15, 0.2) is 24.5 Å². The number of halogens is 3. The fraction of sp³-hybridized carbons (Fsp3) is 0.421. The molecular weight excluding hydrogens is 389 g/mol. The summed E-state index contributed by atoms with van der Waals surface area (Å²) in [5.74, 6) is -0.364. The number of aromatic nitrogens is 3. The Labute approximate surface area is 165 Å². The summed E-state index contributed by atoms with van der Waals surface area (Å²) >= 11 is 0. The normalized spacial score (nSPS) is 12.3. The summed E-state index contributed by atoms with van der Waals surface area (Å²) in [6.45, 7) is 3.57. The smallest absolute Gasteiger partial charge is 0.422 e. The van der Waals surface area contributed by atoms with Gasteiger partial charge in [-0.25, -0.2) is 15.0 Å². The van der Waals surface area contributed by atoms with Gasteiger partial charge in [-0.1, -0.05) is 6.92 Å². The van der Waals surface area contributed by atoms with Gasteiger partial charge in [-0.15, -0.1) is 0 Å². The second-order valence-electron chi connectivity index (χ2n) is 6.42. The van der Waals surface area contributed by atoms with Crippen molar-refractivity contribution in [2.75, 3.05) is 6.61 Å². The minimum Gasteiger partial charge on any atom is -0.468 e. The van der Waals surface area contributed by atoms with Crippen LogP contribution >= 0.6 is 0 Å². The predicted octanol–water partition coefficient (Wildman–Crippen LogP) is 3.13. The average Bonchev–Trinajstić information content (AvgIpc) is 2.66. The molecule has 0 aromatic carbocycles. The van der Waals surface area contributed by atoms with E-state index in [-0.39, 0.29) is 29.6 Å². The number of hydrogen-bond acceptors (Lipinski definition) is 6. The van der Waals surface area contributed by atoms with E-state index in [1.807, 2.05) is 0 Å².